The lowest BCUT2D eigenvalue weighted by atomic mass is 10.2. The molecule has 0 aliphatic carbocycles. The molecular weight excluding hydrogens is 317 g/mol. The fraction of sp³-hybridized carbons (Fsp3) is 0.294. The number of ether oxygens (including phenoxy) is 1. The van der Waals surface area contributed by atoms with Gasteiger partial charge in [-0.05, 0) is 55.0 Å². The van der Waals surface area contributed by atoms with Gasteiger partial charge in [0.2, 0.25) is 0 Å². The fourth-order valence-corrected chi connectivity index (χ4v) is 3.05. The van der Waals surface area contributed by atoms with Crippen LogP contribution in [0.2, 0.25) is 0 Å². The highest BCUT2D eigenvalue weighted by Gasteiger charge is 2.14. The van der Waals surface area contributed by atoms with Crippen molar-refractivity contribution in [3.63, 3.8) is 0 Å². The van der Waals surface area contributed by atoms with E-state index in [2.05, 4.69) is 11.6 Å². The highest BCUT2D eigenvalue weighted by molar-refractivity contribution is 7.92. The first-order valence-corrected chi connectivity index (χ1v) is 9.01. The number of halogens is 1. The lowest BCUT2D eigenvalue weighted by Crippen LogP contribution is -2.12. The normalized spacial score (nSPS) is 11.2. The number of nitrogens with one attached hydrogen (secondary N) is 1. The minimum Gasteiger partial charge on any atom is -0.494 e. The Labute approximate surface area is 136 Å². The average molecular weight is 337 g/mol. The van der Waals surface area contributed by atoms with Crippen LogP contribution >= 0.6 is 0 Å². The van der Waals surface area contributed by atoms with E-state index in [4.69, 9.17) is 4.74 Å². The van der Waals surface area contributed by atoms with Gasteiger partial charge in [-0.25, -0.2) is 12.8 Å². The first kappa shape index (κ1) is 17.3. The number of anilines is 1. The molecule has 0 radical (unpaired) electrons. The van der Waals surface area contributed by atoms with Gasteiger partial charge in [-0.2, -0.15) is 0 Å². The zero-order valence-electron chi connectivity index (χ0n) is 13.0. The highest BCUT2D eigenvalue weighted by atomic mass is 32.2. The van der Waals surface area contributed by atoms with Crippen LogP contribution in [0.3, 0.4) is 0 Å². The van der Waals surface area contributed by atoms with Crippen molar-refractivity contribution in [1.29, 1.82) is 0 Å². The molecule has 0 aliphatic rings. The third kappa shape index (κ3) is 5.25. The van der Waals surface area contributed by atoms with Gasteiger partial charge in [0.15, 0.2) is 0 Å². The Bertz CT molecular complexity index is 713. The molecule has 6 heteroatoms. The van der Waals surface area contributed by atoms with Crippen molar-refractivity contribution < 1.29 is 17.5 Å². The Kier molecular flexibility index (Phi) is 5.98. The van der Waals surface area contributed by atoms with Crippen molar-refractivity contribution in [1.82, 2.24) is 0 Å². The summed E-state index contributed by atoms with van der Waals surface area (Å²) in [5.74, 6) is 0.222. The average Bonchev–Trinajstić information content (AvgIpc) is 2.53. The molecule has 0 spiro atoms. The SMILES string of the molecule is CCCCCOc1ccc(NS(=O)(=O)c2ccc(F)cc2)cc1. The molecule has 0 saturated carbocycles. The van der Waals surface area contributed by atoms with Crippen LogP contribution in [0, 0.1) is 5.82 Å². The summed E-state index contributed by atoms with van der Waals surface area (Å²) in [7, 11) is -3.72. The summed E-state index contributed by atoms with van der Waals surface area (Å²) in [6, 6.07) is 11.4. The number of hydrogen-bond donors (Lipinski definition) is 1. The minimum absolute atomic E-state index is 0.0128. The number of benzene rings is 2. The van der Waals surface area contributed by atoms with E-state index in [0.717, 1.165) is 31.4 Å². The van der Waals surface area contributed by atoms with Crippen LogP contribution in [-0.4, -0.2) is 15.0 Å². The predicted molar refractivity (Wildman–Crippen MR) is 88.7 cm³/mol. The first-order valence-electron chi connectivity index (χ1n) is 7.52. The van der Waals surface area contributed by atoms with Crippen LogP contribution in [0.5, 0.6) is 5.75 Å². The number of sulfonamides is 1. The number of rotatable bonds is 8. The van der Waals surface area contributed by atoms with E-state index in [1.165, 1.54) is 12.1 Å². The van der Waals surface area contributed by atoms with E-state index in [0.29, 0.717) is 18.0 Å². The van der Waals surface area contributed by atoms with Gasteiger partial charge < -0.3 is 4.74 Å². The van der Waals surface area contributed by atoms with Crippen molar-refractivity contribution >= 4 is 15.7 Å². The molecule has 124 valence electrons. The molecule has 0 heterocycles. The molecule has 0 amide bonds. The summed E-state index contributed by atoms with van der Waals surface area (Å²) in [5.41, 5.74) is 0.426. The van der Waals surface area contributed by atoms with Gasteiger partial charge >= 0.3 is 0 Å². The molecule has 0 saturated heterocycles. The van der Waals surface area contributed by atoms with Gasteiger partial charge in [0.1, 0.15) is 11.6 Å². The maximum atomic E-state index is 12.9. The van der Waals surface area contributed by atoms with E-state index in [9.17, 15) is 12.8 Å². The lowest BCUT2D eigenvalue weighted by Gasteiger charge is -2.10. The zero-order valence-corrected chi connectivity index (χ0v) is 13.8. The summed E-state index contributed by atoms with van der Waals surface area (Å²) >= 11 is 0. The van der Waals surface area contributed by atoms with Crippen LogP contribution in [-0.2, 0) is 10.0 Å². The Morgan fingerprint density at radius 1 is 1.00 bits per heavy atom. The molecular formula is C17H20FNO3S. The van der Waals surface area contributed by atoms with Crippen molar-refractivity contribution in [3.05, 3.63) is 54.3 Å². The highest BCUT2D eigenvalue weighted by Crippen LogP contribution is 2.20. The topological polar surface area (TPSA) is 55.4 Å². The van der Waals surface area contributed by atoms with Crippen molar-refractivity contribution in [2.24, 2.45) is 0 Å². The molecule has 0 aliphatic heterocycles. The smallest absolute Gasteiger partial charge is 0.261 e. The maximum absolute atomic E-state index is 12.9. The van der Waals surface area contributed by atoms with Crippen LogP contribution in [0.1, 0.15) is 26.2 Å². The summed E-state index contributed by atoms with van der Waals surface area (Å²) in [6.07, 6.45) is 3.25. The molecule has 1 N–H and O–H groups in total. The summed E-state index contributed by atoms with van der Waals surface area (Å²) in [5, 5.41) is 0. The van der Waals surface area contributed by atoms with Gasteiger partial charge in [0.25, 0.3) is 10.0 Å². The number of unbranched alkanes of at least 4 members (excludes halogenated alkanes) is 2. The van der Waals surface area contributed by atoms with Crippen LogP contribution in [0.25, 0.3) is 0 Å². The molecule has 2 aromatic rings. The van der Waals surface area contributed by atoms with Gasteiger partial charge in [0, 0.05) is 5.69 Å². The molecule has 0 atom stereocenters. The van der Waals surface area contributed by atoms with Crippen LogP contribution in [0.4, 0.5) is 10.1 Å². The molecule has 4 nitrogen and oxygen atoms in total. The molecule has 0 unspecified atom stereocenters. The van der Waals surface area contributed by atoms with E-state index in [1.54, 1.807) is 24.3 Å². The first-order chi connectivity index (χ1) is 11.0. The molecule has 23 heavy (non-hydrogen) atoms. The number of hydrogen-bond acceptors (Lipinski definition) is 3. The standard InChI is InChI=1S/C17H20FNO3S/c1-2-3-4-13-22-16-9-7-15(8-10-16)19-23(20,21)17-11-5-14(18)6-12-17/h5-12,19H,2-4,13H2,1H3. The third-order valence-electron chi connectivity index (χ3n) is 3.25. The molecule has 0 fully saturated rings. The van der Waals surface area contributed by atoms with Crippen molar-refractivity contribution in [2.45, 2.75) is 31.1 Å². The van der Waals surface area contributed by atoms with Crippen molar-refractivity contribution in [2.75, 3.05) is 11.3 Å². The van der Waals surface area contributed by atoms with Gasteiger partial charge in [-0.15, -0.1) is 0 Å². The Balaban J connectivity index is 1.98. The minimum atomic E-state index is -3.72. The quantitative estimate of drug-likeness (QED) is 0.735. The van der Waals surface area contributed by atoms with Crippen LogP contribution < -0.4 is 9.46 Å². The summed E-state index contributed by atoms with van der Waals surface area (Å²) in [6.45, 7) is 2.77. The Hall–Kier alpha value is -2.08. The van der Waals surface area contributed by atoms with Gasteiger partial charge in [-0.3, -0.25) is 4.72 Å². The molecule has 0 aromatic heterocycles. The predicted octanol–water partition coefficient (Wildman–Crippen LogP) is 4.20. The summed E-state index contributed by atoms with van der Waals surface area (Å²) in [4.78, 5) is 0.0128. The maximum Gasteiger partial charge on any atom is 0.261 e. The molecule has 0 bridgehead atoms. The summed E-state index contributed by atoms with van der Waals surface area (Å²) < 4.78 is 45.2. The second-order valence-corrected chi connectivity index (χ2v) is 6.82. The fourth-order valence-electron chi connectivity index (χ4n) is 1.99. The van der Waals surface area contributed by atoms with Gasteiger partial charge in [-0.1, -0.05) is 19.8 Å². The lowest BCUT2D eigenvalue weighted by molar-refractivity contribution is 0.306. The molecule has 2 aromatic carbocycles. The third-order valence-corrected chi connectivity index (χ3v) is 4.64. The second-order valence-electron chi connectivity index (χ2n) is 5.14. The Morgan fingerprint density at radius 2 is 1.65 bits per heavy atom. The van der Waals surface area contributed by atoms with E-state index >= 15 is 0 Å². The van der Waals surface area contributed by atoms with Gasteiger partial charge in [0.05, 0.1) is 11.5 Å². The van der Waals surface area contributed by atoms with E-state index < -0.39 is 15.8 Å². The Morgan fingerprint density at radius 3 is 2.26 bits per heavy atom. The van der Waals surface area contributed by atoms with E-state index in [1.807, 2.05) is 0 Å². The van der Waals surface area contributed by atoms with Crippen LogP contribution in [0.15, 0.2) is 53.4 Å². The van der Waals surface area contributed by atoms with E-state index in [-0.39, 0.29) is 4.90 Å². The zero-order chi connectivity index (χ0) is 16.7. The largest absolute Gasteiger partial charge is 0.494 e. The van der Waals surface area contributed by atoms with Crippen molar-refractivity contribution in [3.8, 4) is 5.75 Å². The monoisotopic (exact) mass is 337 g/mol. The molecule has 2 rings (SSSR count). The second kappa shape index (κ2) is 7.97.